The van der Waals surface area contributed by atoms with Gasteiger partial charge in [-0.2, -0.15) is 0 Å². The predicted molar refractivity (Wildman–Crippen MR) is 41.8 cm³/mol. The maximum Gasteiger partial charge on any atom is 0.313 e. The third-order valence-electron chi connectivity index (χ3n) is 1.94. The minimum Gasteiger partial charge on any atom is -0.472 e. The molecule has 1 aliphatic rings. The van der Waals surface area contributed by atoms with Crippen molar-refractivity contribution >= 4 is 11.8 Å². The van der Waals surface area contributed by atoms with Gasteiger partial charge in [0.1, 0.15) is 18.3 Å². The van der Waals surface area contributed by atoms with E-state index in [1.54, 1.807) is 6.07 Å². The van der Waals surface area contributed by atoms with Crippen molar-refractivity contribution in [3.63, 3.8) is 0 Å². The number of rotatable bonds is 1. The molecule has 1 aromatic heterocycles. The zero-order valence-corrected chi connectivity index (χ0v) is 6.86. The van der Waals surface area contributed by atoms with Gasteiger partial charge >= 0.3 is 5.97 Å². The van der Waals surface area contributed by atoms with Crippen LogP contribution in [-0.2, 0) is 14.3 Å². The fraction of sp³-hybridized carbons (Fsp3) is 0.333. The summed E-state index contributed by atoms with van der Waals surface area (Å²) < 4.78 is 9.82. The van der Waals surface area contributed by atoms with E-state index >= 15 is 0 Å². The molecule has 0 N–H and O–H groups in total. The molecule has 0 spiro atoms. The van der Waals surface area contributed by atoms with Crippen LogP contribution in [0.3, 0.4) is 0 Å². The lowest BCUT2D eigenvalue weighted by molar-refractivity contribution is -0.158. The number of carbonyl (C=O) groups excluding carboxylic acids is 2. The molecule has 4 heteroatoms. The summed E-state index contributed by atoms with van der Waals surface area (Å²) in [4.78, 5) is 22.0. The standard InChI is InChI=1S/C9H8O4/c10-7-3-8(13-9(11)4-7)6-1-2-12-5-6/h1-2,5,8H,3-4H2/t8-/m1/s1. The highest BCUT2D eigenvalue weighted by Gasteiger charge is 2.28. The highest BCUT2D eigenvalue weighted by molar-refractivity contribution is 5.97. The van der Waals surface area contributed by atoms with Crippen LogP contribution < -0.4 is 0 Å². The van der Waals surface area contributed by atoms with Crippen LogP contribution in [0.4, 0.5) is 0 Å². The fourth-order valence-electron chi connectivity index (χ4n) is 1.33. The zero-order chi connectivity index (χ0) is 9.26. The van der Waals surface area contributed by atoms with Gasteiger partial charge in [-0.15, -0.1) is 0 Å². The molecule has 0 amide bonds. The number of hydrogen-bond donors (Lipinski definition) is 0. The van der Waals surface area contributed by atoms with Crippen LogP contribution in [0.2, 0.25) is 0 Å². The van der Waals surface area contributed by atoms with Crippen LogP contribution >= 0.6 is 0 Å². The van der Waals surface area contributed by atoms with Gasteiger partial charge in [0, 0.05) is 12.0 Å². The van der Waals surface area contributed by atoms with Crippen molar-refractivity contribution in [2.75, 3.05) is 0 Å². The van der Waals surface area contributed by atoms with E-state index in [1.165, 1.54) is 12.5 Å². The minimum absolute atomic E-state index is 0.0811. The molecule has 2 rings (SSSR count). The van der Waals surface area contributed by atoms with E-state index in [9.17, 15) is 9.59 Å². The molecule has 0 aromatic carbocycles. The average Bonchev–Trinajstić information content (AvgIpc) is 2.53. The molecule has 0 unspecified atom stereocenters. The minimum atomic E-state index is -0.456. The van der Waals surface area contributed by atoms with E-state index in [-0.39, 0.29) is 18.6 Å². The molecule has 68 valence electrons. The highest BCUT2D eigenvalue weighted by Crippen LogP contribution is 2.26. The largest absolute Gasteiger partial charge is 0.472 e. The van der Waals surface area contributed by atoms with E-state index in [4.69, 9.17) is 9.15 Å². The van der Waals surface area contributed by atoms with Crippen LogP contribution in [0.5, 0.6) is 0 Å². The summed E-state index contributed by atoms with van der Waals surface area (Å²) in [6.45, 7) is 0. The number of ketones is 1. The predicted octanol–water partition coefficient (Wildman–Crippen LogP) is 1.23. The Morgan fingerprint density at radius 2 is 2.23 bits per heavy atom. The van der Waals surface area contributed by atoms with Gasteiger partial charge in [0.2, 0.25) is 0 Å². The summed E-state index contributed by atoms with van der Waals surface area (Å²) in [6.07, 6.45) is 2.67. The van der Waals surface area contributed by atoms with Gasteiger partial charge in [-0.05, 0) is 6.07 Å². The lowest BCUT2D eigenvalue weighted by atomic mass is 10.0. The van der Waals surface area contributed by atoms with Crippen LogP contribution in [0.15, 0.2) is 23.0 Å². The number of hydrogen-bond acceptors (Lipinski definition) is 4. The molecule has 4 nitrogen and oxygen atoms in total. The number of esters is 1. The summed E-state index contributed by atoms with van der Waals surface area (Å²) in [5, 5.41) is 0. The van der Waals surface area contributed by atoms with Crippen LogP contribution in [0.1, 0.15) is 24.5 Å². The normalized spacial score (nSPS) is 22.9. The molecular formula is C9H8O4. The Kier molecular flexibility index (Phi) is 1.88. The van der Waals surface area contributed by atoms with Crippen molar-refractivity contribution in [1.82, 2.24) is 0 Å². The van der Waals surface area contributed by atoms with Gasteiger partial charge in [0.05, 0.1) is 12.5 Å². The molecule has 1 saturated heterocycles. The number of carbonyl (C=O) groups is 2. The smallest absolute Gasteiger partial charge is 0.313 e. The van der Waals surface area contributed by atoms with Crippen molar-refractivity contribution < 1.29 is 18.7 Å². The molecule has 0 saturated carbocycles. The Morgan fingerprint density at radius 1 is 1.38 bits per heavy atom. The maximum atomic E-state index is 11.0. The number of ether oxygens (including phenoxy) is 1. The summed E-state index contributed by atoms with van der Waals surface area (Å²) >= 11 is 0. The fourth-order valence-corrected chi connectivity index (χ4v) is 1.33. The maximum absolute atomic E-state index is 11.0. The molecule has 0 radical (unpaired) electrons. The van der Waals surface area contributed by atoms with Gasteiger partial charge in [-0.25, -0.2) is 0 Å². The van der Waals surface area contributed by atoms with Gasteiger partial charge in [-0.3, -0.25) is 9.59 Å². The van der Waals surface area contributed by atoms with Crippen molar-refractivity contribution in [2.45, 2.75) is 18.9 Å². The Bertz CT molecular complexity index is 309. The van der Waals surface area contributed by atoms with Crippen LogP contribution in [-0.4, -0.2) is 11.8 Å². The highest BCUT2D eigenvalue weighted by atomic mass is 16.5. The SMILES string of the molecule is O=C1CC(=O)O[C@@H](c2ccoc2)C1. The molecule has 13 heavy (non-hydrogen) atoms. The molecule has 1 aromatic rings. The summed E-state index contributed by atoms with van der Waals surface area (Å²) in [5.74, 6) is -0.537. The first kappa shape index (κ1) is 8.04. The van der Waals surface area contributed by atoms with E-state index in [0.29, 0.717) is 0 Å². The van der Waals surface area contributed by atoms with Gasteiger partial charge in [-0.1, -0.05) is 0 Å². The molecule has 1 atom stereocenters. The molecule has 1 fully saturated rings. The number of Topliss-reactive ketones (excluding diaryl/α,β-unsaturated/α-hetero) is 1. The van der Waals surface area contributed by atoms with E-state index in [1.807, 2.05) is 0 Å². The quantitative estimate of drug-likeness (QED) is 0.481. The van der Waals surface area contributed by atoms with Crippen molar-refractivity contribution in [2.24, 2.45) is 0 Å². The van der Waals surface area contributed by atoms with Crippen LogP contribution in [0.25, 0.3) is 0 Å². The number of cyclic esters (lactones) is 1. The Balaban J connectivity index is 2.16. The summed E-state index contributed by atoms with van der Waals surface area (Å²) in [5.41, 5.74) is 0.737. The second-order valence-electron chi connectivity index (χ2n) is 2.95. The van der Waals surface area contributed by atoms with Gasteiger partial charge in [0.15, 0.2) is 0 Å². The van der Waals surface area contributed by atoms with Crippen molar-refractivity contribution in [3.05, 3.63) is 24.2 Å². The second-order valence-corrected chi connectivity index (χ2v) is 2.95. The van der Waals surface area contributed by atoms with E-state index in [2.05, 4.69) is 0 Å². The second kappa shape index (κ2) is 3.05. The Hall–Kier alpha value is -1.58. The molecule has 1 aliphatic heterocycles. The Morgan fingerprint density at radius 3 is 2.85 bits per heavy atom. The van der Waals surface area contributed by atoms with Gasteiger partial charge in [0.25, 0.3) is 0 Å². The first-order chi connectivity index (χ1) is 6.25. The monoisotopic (exact) mass is 180 g/mol. The topological polar surface area (TPSA) is 56.5 Å². The van der Waals surface area contributed by atoms with Crippen molar-refractivity contribution in [1.29, 1.82) is 0 Å². The lowest BCUT2D eigenvalue weighted by Crippen LogP contribution is -2.23. The van der Waals surface area contributed by atoms with E-state index < -0.39 is 12.1 Å². The Labute approximate surface area is 74.5 Å². The molecule has 0 aliphatic carbocycles. The lowest BCUT2D eigenvalue weighted by Gasteiger charge is -2.19. The molecular weight excluding hydrogens is 172 g/mol. The number of furan rings is 1. The first-order valence-corrected chi connectivity index (χ1v) is 3.99. The average molecular weight is 180 g/mol. The first-order valence-electron chi connectivity index (χ1n) is 3.99. The van der Waals surface area contributed by atoms with E-state index in [0.717, 1.165) is 5.56 Å². The zero-order valence-electron chi connectivity index (χ0n) is 6.86. The molecule has 2 heterocycles. The van der Waals surface area contributed by atoms with Crippen LogP contribution in [0, 0.1) is 0 Å². The van der Waals surface area contributed by atoms with Gasteiger partial charge < -0.3 is 9.15 Å². The third-order valence-corrected chi connectivity index (χ3v) is 1.94. The summed E-state index contributed by atoms with van der Waals surface area (Å²) in [7, 11) is 0. The van der Waals surface area contributed by atoms with Crippen molar-refractivity contribution in [3.8, 4) is 0 Å². The third kappa shape index (κ3) is 1.61. The molecule has 0 bridgehead atoms. The summed E-state index contributed by atoms with van der Waals surface area (Å²) in [6, 6.07) is 1.69.